The lowest BCUT2D eigenvalue weighted by Crippen LogP contribution is -2.20. The van der Waals surface area contributed by atoms with Gasteiger partial charge in [0.05, 0.1) is 18.2 Å². The van der Waals surface area contributed by atoms with E-state index in [-0.39, 0.29) is 17.3 Å². The summed E-state index contributed by atoms with van der Waals surface area (Å²) in [6, 6.07) is 10.3. The first-order valence-corrected chi connectivity index (χ1v) is 9.88. The molecule has 3 unspecified atom stereocenters. The summed E-state index contributed by atoms with van der Waals surface area (Å²) < 4.78 is 20.9. The molecular weight excluding hydrogens is 367 g/mol. The molecular formula is C25H23FO3. The Morgan fingerprint density at radius 3 is 2.76 bits per heavy atom. The maximum atomic E-state index is 15.3. The number of benzene rings is 2. The monoisotopic (exact) mass is 390 g/mol. The van der Waals surface area contributed by atoms with Crippen molar-refractivity contribution in [2.75, 3.05) is 7.11 Å². The van der Waals surface area contributed by atoms with Crippen LogP contribution in [0, 0.1) is 29.5 Å². The lowest BCUT2D eigenvalue weighted by Gasteiger charge is -2.32. The van der Waals surface area contributed by atoms with E-state index in [4.69, 9.17) is 4.74 Å². The fourth-order valence-electron chi connectivity index (χ4n) is 4.98. The van der Waals surface area contributed by atoms with E-state index in [1.807, 2.05) is 12.1 Å². The maximum Gasteiger partial charge on any atom is 0.335 e. The number of hydrogen-bond acceptors (Lipinski definition) is 2. The molecule has 0 aliphatic heterocycles. The number of carbonyl (C=O) groups is 1. The number of halogens is 1. The van der Waals surface area contributed by atoms with Crippen molar-refractivity contribution in [1.29, 1.82) is 0 Å². The number of rotatable bonds is 4. The Labute approximate surface area is 170 Å². The van der Waals surface area contributed by atoms with Crippen molar-refractivity contribution < 1.29 is 19.0 Å². The van der Waals surface area contributed by atoms with Gasteiger partial charge in [0.2, 0.25) is 0 Å². The molecule has 0 radical (unpaired) electrons. The van der Waals surface area contributed by atoms with Crippen LogP contribution in [-0.2, 0) is 0 Å². The number of ether oxygens (including phenoxy) is 1. The van der Waals surface area contributed by atoms with Crippen LogP contribution in [0.3, 0.4) is 0 Å². The van der Waals surface area contributed by atoms with Crippen molar-refractivity contribution in [2.45, 2.75) is 32.1 Å². The van der Waals surface area contributed by atoms with Gasteiger partial charge in [0, 0.05) is 11.5 Å². The second-order valence-electron chi connectivity index (χ2n) is 7.74. The van der Waals surface area contributed by atoms with E-state index in [9.17, 15) is 9.90 Å². The zero-order valence-electron chi connectivity index (χ0n) is 16.5. The Morgan fingerprint density at radius 2 is 2.03 bits per heavy atom. The van der Waals surface area contributed by atoms with E-state index in [0.29, 0.717) is 28.7 Å². The number of fused-ring (bicyclic) bond motifs is 2. The van der Waals surface area contributed by atoms with Crippen molar-refractivity contribution in [2.24, 2.45) is 11.8 Å². The molecule has 1 N–H and O–H groups in total. The van der Waals surface area contributed by atoms with Crippen molar-refractivity contribution in [3.05, 3.63) is 70.5 Å². The molecule has 0 saturated heterocycles. The molecule has 29 heavy (non-hydrogen) atoms. The minimum Gasteiger partial charge on any atom is -0.496 e. The summed E-state index contributed by atoms with van der Waals surface area (Å²) in [6.07, 6.45) is 5.19. The molecule has 2 aromatic carbocycles. The van der Waals surface area contributed by atoms with Crippen LogP contribution in [0.4, 0.5) is 4.39 Å². The first-order valence-electron chi connectivity index (χ1n) is 9.88. The fraction of sp³-hybridized carbons (Fsp3) is 0.320. The topological polar surface area (TPSA) is 46.5 Å². The zero-order chi connectivity index (χ0) is 20.5. The first-order chi connectivity index (χ1) is 14.0. The van der Waals surface area contributed by atoms with Gasteiger partial charge in [-0.15, -0.1) is 5.92 Å². The predicted octanol–water partition coefficient (Wildman–Crippen LogP) is 5.50. The Bertz CT molecular complexity index is 1060. The Hall–Kier alpha value is -3.06. The molecule has 1 fully saturated rings. The second-order valence-corrected chi connectivity index (χ2v) is 7.74. The third-order valence-corrected chi connectivity index (χ3v) is 6.09. The van der Waals surface area contributed by atoms with Crippen molar-refractivity contribution >= 4 is 11.5 Å². The van der Waals surface area contributed by atoms with Gasteiger partial charge in [0.25, 0.3) is 0 Å². The van der Waals surface area contributed by atoms with Crippen molar-refractivity contribution in [1.82, 2.24) is 0 Å². The predicted molar refractivity (Wildman–Crippen MR) is 110 cm³/mol. The van der Waals surface area contributed by atoms with Gasteiger partial charge in [0.15, 0.2) is 0 Å². The third kappa shape index (κ3) is 3.42. The maximum absolute atomic E-state index is 15.3. The van der Waals surface area contributed by atoms with E-state index >= 15 is 4.39 Å². The van der Waals surface area contributed by atoms with E-state index in [2.05, 4.69) is 17.9 Å². The second kappa shape index (κ2) is 7.75. The van der Waals surface area contributed by atoms with E-state index in [0.717, 1.165) is 30.4 Å². The van der Waals surface area contributed by atoms with Crippen LogP contribution in [0.5, 0.6) is 5.75 Å². The molecule has 4 rings (SSSR count). The molecule has 2 aliphatic rings. The average Bonchev–Trinajstić information content (AvgIpc) is 3.09. The molecule has 2 bridgehead atoms. The smallest absolute Gasteiger partial charge is 0.335 e. The van der Waals surface area contributed by atoms with Crippen LogP contribution < -0.4 is 4.74 Å². The van der Waals surface area contributed by atoms with Gasteiger partial charge in [-0.25, -0.2) is 9.18 Å². The number of hydrogen-bond donors (Lipinski definition) is 1. The molecule has 0 aromatic heterocycles. The lowest BCUT2D eigenvalue weighted by molar-refractivity contribution is 0.0695. The first kappa shape index (κ1) is 19.3. The summed E-state index contributed by atoms with van der Waals surface area (Å²) in [4.78, 5) is 11.9. The number of carboxylic acid groups (broad SMARTS) is 1. The molecule has 0 spiro atoms. The molecule has 4 heteroatoms. The van der Waals surface area contributed by atoms with Crippen LogP contribution in [0.25, 0.3) is 5.57 Å². The molecule has 2 aliphatic carbocycles. The zero-order valence-corrected chi connectivity index (χ0v) is 16.5. The van der Waals surface area contributed by atoms with Gasteiger partial charge in [-0.3, -0.25) is 0 Å². The van der Waals surface area contributed by atoms with Gasteiger partial charge in [0.1, 0.15) is 11.6 Å². The Balaban J connectivity index is 1.92. The molecule has 1 saturated carbocycles. The van der Waals surface area contributed by atoms with Gasteiger partial charge in [-0.05, 0) is 67.4 Å². The van der Waals surface area contributed by atoms with E-state index in [1.165, 1.54) is 13.2 Å². The Kier molecular flexibility index (Phi) is 5.15. The van der Waals surface area contributed by atoms with E-state index in [1.54, 1.807) is 25.1 Å². The molecule has 3 atom stereocenters. The quantitative estimate of drug-likeness (QED) is 0.701. The number of aromatic carboxylic acids is 1. The molecule has 0 heterocycles. The normalized spacial score (nSPS) is 22.4. The standard InChI is InChI=1S/C25H23FO3/c1-3-6-15-13-21(26)24(22(14-15)29-2)20-12-16-9-10-17(11-16)23(20)18-7-4-5-8-19(18)25(27)28/h4-5,7-8,12-14,16-17,23H,9-11H2,1-2H3,(H,27,28). The summed E-state index contributed by atoms with van der Waals surface area (Å²) in [5.41, 5.74) is 2.85. The van der Waals surface area contributed by atoms with Crippen molar-refractivity contribution in [3.63, 3.8) is 0 Å². The van der Waals surface area contributed by atoms with Crippen LogP contribution in [0.15, 0.2) is 42.5 Å². The molecule has 0 amide bonds. The highest BCUT2D eigenvalue weighted by molar-refractivity contribution is 5.91. The molecule has 2 aromatic rings. The summed E-state index contributed by atoms with van der Waals surface area (Å²) in [6.45, 7) is 1.71. The lowest BCUT2D eigenvalue weighted by atomic mass is 9.71. The van der Waals surface area contributed by atoms with Crippen LogP contribution in [-0.4, -0.2) is 18.2 Å². The summed E-state index contributed by atoms with van der Waals surface area (Å²) in [5, 5.41) is 9.74. The molecule has 3 nitrogen and oxygen atoms in total. The van der Waals surface area contributed by atoms with Gasteiger partial charge in [-0.2, -0.15) is 0 Å². The average molecular weight is 390 g/mol. The SMILES string of the molecule is CC#Cc1cc(F)c(C2=CC3CCC(C3)C2c2ccccc2C(=O)O)c(OC)c1. The van der Waals surface area contributed by atoms with Gasteiger partial charge in [-0.1, -0.05) is 30.2 Å². The largest absolute Gasteiger partial charge is 0.496 e. The fourth-order valence-corrected chi connectivity index (χ4v) is 4.98. The molecule has 148 valence electrons. The highest BCUT2D eigenvalue weighted by Gasteiger charge is 2.41. The minimum atomic E-state index is -0.957. The highest BCUT2D eigenvalue weighted by atomic mass is 19.1. The minimum absolute atomic E-state index is 0.174. The van der Waals surface area contributed by atoms with E-state index < -0.39 is 5.97 Å². The summed E-state index contributed by atoms with van der Waals surface area (Å²) >= 11 is 0. The highest BCUT2D eigenvalue weighted by Crippen LogP contribution is 2.54. The van der Waals surface area contributed by atoms with Gasteiger partial charge >= 0.3 is 5.97 Å². The summed E-state index contributed by atoms with van der Waals surface area (Å²) in [7, 11) is 1.53. The number of methoxy groups -OCH3 is 1. The van der Waals surface area contributed by atoms with Crippen molar-refractivity contribution in [3.8, 4) is 17.6 Å². The summed E-state index contributed by atoms with van der Waals surface area (Å²) in [5.74, 6) is 5.28. The third-order valence-electron chi connectivity index (χ3n) is 6.09. The Morgan fingerprint density at radius 1 is 1.24 bits per heavy atom. The number of carboxylic acids is 1. The number of allylic oxidation sites excluding steroid dienone is 2. The van der Waals surface area contributed by atoms with Gasteiger partial charge < -0.3 is 9.84 Å². The van der Waals surface area contributed by atoms with Crippen LogP contribution in [0.1, 0.15) is 59.2 Å². The van der Waals surface area contributed by atoms with Crippen LogP contribution >= 0.6 is 0 Å². The van der Waals surface area contributed by atoms with Crippen LogP contribution in [0.2, 0.25) is 0 Å².